The van der Waals surface area contributed by atoms with Gasteiger partial charge in [0, 0.05) is 11.1 Å². The normalized spacial score (nSPS) is 11.6. The van der Waals surface area contributed by atoms with Crippen molar-refractivity contribution in [2.75, 3.05) is 0 Å². The van der Waals surface area contributed by atoms with Crippen LogP contribution in [-0.4, -0.2) is 4.92 Å². The smallest absolute Gasteiger partial charge is 0.258 e. The Morgan fingerprint density at radius 2 is 1.75 bits per heavy atom. The fourth-order valence-corrected chi connectivity index (χ4v) is 2.53. The summed E-state index contributed by atoms with van der Waals surface area (Å²) in [6, 6.07) is 5.75. The third-order valence-corrected chi connectivity index (χ3v) is 3.66. The van der Waals surface area contributed by atoms with Crippen molar-refractivity contribution in [2.24, 2.45) is 0 Å². The van der Waals surface area contributed by atoms with Crippen molar-refractivity contribution in [2.45, 2.75) is 71.6 Å². The molecule has 0 radical (unpaired) electrons. The quantitative estimate of drug-likeness (QED) is 0.380. The molecule has 3 heteroatoms. The molecule has 3 nitrogen and oxygen atoms in total. The lowest BCUT2D eigenvalue weighted by Crippen LogP contribution is -2.15. The maximum absolute atomic E-state index is 11.4. The molecular formula is C17H27NO2. The molecule has 0 saturated heterocycles. The van der Waals surface area contributed by atoms with Gasteiger partial charge in [-0.2, -0.15) is 0 Å². The minimum Gasteiger partial charge on any atom is -0.258 e. The number of nitro groups is 1. The van der Waals surface area contributed by atoms with E-state index in [1.54, 1.807) is 0 Å². The third-order valence-electron chi connectivity index (χ3n) is 3.66. The van der Waals surface area contributed by atoms with Crippen molar-refractivity contribution in [1.29, 1.82) is 0 Å². The Kier molecular flexibility index (Phi) is 6.18. The van der Waals surface area contributed by atoms with Gasteiger partial charge in [0.15, 0.2) is 0 Å². The first kappa shape index (κ1) is 16.7. The number of aryl methyl sites for hydroxylation is 1. The molecule has 0 aliphatic rings. The number of rotatable bonds is 7. The second-order valence-electron chi connectivity index (χ2n) is 6.48. The predicted octanol–water partition coefficient (Wildman–Crippen LogP) is 5.41. The maximum Gasteiger partial charge on any atom is 0.276 e. The van der Waals surface area contributed by atoms with Crippen molar-refractivity contribution >= 4 is 5.69 Å². The lowest BCUT2D eigenvalue weighted by atomic mass is 9.84. The molecule has 0 aliphatic heterocycles. The topological polar surface area (TPSA) is 43.1 Å². The highest BCUT2D eigenvalue weighted by atomic mass is 16.6. The average Bonchev–Trinajstić information content (AvgIpc) is 2.37. The molecule has 0 fully saturated rings. The molecule has 1 rings (SSSR count). The Morgan fingerprint density at radius 1 is 1.10 bits per heavy atom. The summed E-state index contributed by atoms with van der Waals surface area (Å²) in [6.07, 6.45) is 6.70. The summed E-state index contributed by atoms with van der Waals surface area (Å²) < 4.78 is 0. The van der Waals surface area contributed by atoms with Gasteiger partial charge in [0.05, 0.1) is 4.92 Å². The van der Waals surface area contributed by atoms with Crippen LogP contribution in [0.2, 0.25) is 0 Å². The number of unbranched alkanes of at least 4 members (excludes halogenated alkanes) is 4. The summed E-state index contributed by atoms with van der Waals surface area (Å²) >= 11 is 0. The van der Waals surface area contributed by atoms with Gasteiger partial charge >= 0.3 is 0 Å². The molecule has 0 saturated carbocycles. The molecule has 0 amide bonds. The summed E-state index contributed by atoms with van der Waals surface area (Å²) in [5, 5.41) is 11.4. The van der Waals surface area contributed by atoms with E-state index in [-0.39, 0.29) is 10.3 Å². The van der Waals surface area contributed by atoms with E-state index >= 15 is 0 Å². The lowest BCUT2D eigenvalue weighted by Gasteiger charge is -2.20. The van der Waals surface area contributed by atoms with E-state index in [2.05, 4.69) is 6.92 Å². The van der Waals surface area contributed by atoms with Crippen LogP contribution in [0.25, 0.3) is 0 Å². The number of para-hydroxylation sites is 1. The van der Waals surface area contributed by atoms with Gasteiger partial charge in [0.25, 0.3) is 5.69 Å². The van der Waals surface area contributed by atoms with Gasteiger partial charge in [-0.05, 0) is 18.3 Å². The van der Waals surface area contributed by atoms with Crippen LogP contribution < -0.4 is 0 Å². The van der Waals surface area contributed by atoms with E-state index in [0.29, 0.717) is 5.69 Å². The summed E-state index contributed by atoms with van der Waals surface area (Å²) in [5.74, 6) is 0. The number of hydrogen-bond donors (Lipinski definition) is 0. The molecule has 0 heterocycles. The molecule has 1 aromatic rings. The van der Waals surface area contributed by atoms with Crippen molar-refractivity contribution < 1.29 is 4.92 Å². The van der Waals surface area contributed by atoms with Crippen molar-refractivity contribution in [3.8, 4) is 0 Å². The van der Waals surface area contributed by atoms with Gasteiger partial charge in [0.2, 0.25) is 0 Å². The Hall–Kier alpha value is -1.38. The third kappa shape index (κ3) is 4.62. The zero-order chi connectivity index (χ0) is 15.2. The molecule has 0 aliphatic carbocycles. The second-order valence-corrected chi connectivity index (χ2v) is 6.48. The Labute approximate surface area is 122 Å². The lowest BCUT2D eigenvalue weighted by molar-refractivity contribution is -0.386. The average molecular weight is 277 g/mol. The highest BCUT2D eigenvalue weighted by molar-refractivity contribution is 5.51. The first-order valence-corrected chi connectivity index (χ1v) is 7.64. The Morgan fingerprint density at radius 3 is 2.30 bits per heavy atom. The monoisotopic (exact) mass is 277 g/mol. The largest absolute Gasteiger partial charge is 0.276 e. The molecule has 1 aromatic carbocycles. The molecule has 0 atom stereocenters. The molecule has 112 valence electrons. The van der Waals surface area contributed by atoms with Crippen LogP contribution in [0.4, 0.5) is 5.69 Å². The maximum atomic E-state index is 11.4. The fraction of sp³-hybridized carbons (Fsp3) is 0.647. The summed E-state index contributed by atoms with van der Waals surface area (Å²) in [4.78, 5) is 11.2. The van der Waals surface area contributed by atoms with E-state index in [9.17, 15) is 10.1 Å². The molecule has 0 spiro atoms. The molecule has 0 bridgehead atoms. The summed E-state index contributed by atoms with van der Waals surface area (Å²) in [5.41, 5.74) is 1.86. The fourth-order valence-electron chi connectivity index (χ4n) is 2.53. The zero-order valence-electron chi connectivity index (χ0n) is 13.2. The van der Waals surface area contributed by atoms with Crippen LogP contribution in [0.15, 0.2) is 18.2 Å². The van der Waals surface area contributed by atoms with Gasteiger partial charge in [-0.25, -0.2) is 0 Å². The van der Waals surface area contributed by atoms with Crippen molar-refractivity contribution in [3.05, 3.63) is 39.4 Å². The van der Waals surface area contributed by atoms with E-state index in [0.717, 1.165) is 30.4 Å². The summed E-state index contributed by atoms with van der Waals surface area (Å²) in [6.45, 7) is 8.28. The molecule has 0 N–H and O–H groups in total. The first-order chi connectivity index (χ1) is 9.38. The van der Waals surface area contributed by atoms with Gasteiger partial charge in [-0.15, -0.1) is 0 Å². The Balaban J connectivity index is 2.88. The number of nitrogens with zero attached hydrogens (tertiary/aromatic N) is 1. The van der Waals surface area contributed by atoms with E-state index in [1.165, 1.54) is 19.3 Å². The van der Waals surface area contributed by atoms with Crippen LogP contribution >= 0.6 is 0 Å². The zero-order valence-corrected chi connectivity index (χ0v) is 13.2. The predicted molar refractivity (Wildman–Crippen MR) is 84.3 cm³/mol. The first-order valence-electron chi connectivity index (χ1n) is 7.64. The second kappa shape index (κ2) is 7.41. The summed E-state index contributed by atoms with van der Waals surface area (Å²) in [7, 11) is 0. The van der Waals surface area contributed by atoms with Gasteiger partial charge < -0.3 is 0 Å². The molecule has 20 heavy (non-hydrogen) atoms. The number of nitro benzene ring substituents is 1. The van der Waals surface area contributed by atoms with Crippen molar-refractivity contribution in [3.63, 3.8) is 0 Å². The standard InChI is InChI=1S/C17H27NO2/c1-5-6-7-8-9-11-14-12-10-13-15(17(2,3)4)16(14)18(19)20/h10,12-13H,5-9,11H2,1-4H3. The van der Waals surface area contributed by atoms with Crippen molar-refractivity contribution in [1.82, 2.24) is 0 Å². The van der Waals surface area contributed by atoms with Gasteiger partial charge in [-0.3, -0.25) is 10.1 Å². The molecule has 0 aromatic heterocycles. The van der Waals surface area contributed by atoms with Crippen LogP contribution in [0.3, 0.4) is 0 Å². The van der Waals surface area contributed by atoms with Gasteiger partial charge in [0.1, 0.15) is 0 Å². The highest BCUT2D eigenvalue weighted by Gasteiger charge is 2.27. The highest BCUT2D eigenvalue weighted by Crippen LogP contribution is 2.34. The van der Waals surface area contributed by atoms with Crippen LogP contribution in [-0.2, 0) is 11.8 Å². The number of benzene rings is 1. The minimum atomic E-state index is -0.206. The van der Waals surface area contributed by atoms with Crippen LogP contribution in [0.5, 0.6) is 0 Å². The number of hydrogen-bond acceptors (Lipinski definition) is 2. The van der Waals surface area contributed by atoms with E-state index in [4.69, 9.17) is 0 Å². The van der Waals surface area contributed by atoms with Gasteiger partial charge in [-0.1, -0.05) is 71.6 Å². The molecule has 0 unspecified atom stereocenters. The Bertz CT molecular complexity index is 447. The molecular weight excluding hydrogens is 250 g/mol. The van der Waals surface area contributed by atoms with Crippen LogP contribution in [0, 0.1) is 10.1 Å². The SMILES string of the molecule is CCCCCCCc1cccc(C(C)(C)C)c1[N+](=O)[O-]. The van der Waals surface area contributed by atoms with E-state index < -0.39 is 0 Å². The van der Waals surface area contributed by atoms with Crippen LogP contribution in [0.1, 0.15) is 70.9 Å². The minimum absolute atomic E-state index is 0.194. The van der Waals surface area contributed by atoms with E-state index in [1.807, 2.05) is 39.0 Å².